The predicted molar refractivity (Wildman–Crippen MR) is 71.1 cm³/mol. The van der Waals surface area contributed by atoms with Crippen LogP contribution < -0.4 is 0 Å². The Morgan fingerprint density at radius 3 is 2.29 bits per heavy atom. The summed E-state index contributed by atoms with van der Waals surface area (Å²) in [4.78, 5) is -0.956. The summed E-state index contributed by atoms with van der Waals surface area (Å²) < 4.78 is 27.0. The minimum atomic E-state index is -2.61. The Bertz CT molecular complexity index is 555. The van der Waals surface area contributed by atoms with Crippen LogP contribution in [0.25, 0.3) is 10.8 Å². The van der Waals surface area contributed by atoms with E-state index in [0.29, 0.717) is 5.39 Å². The minimum Gasteiger partial charge on any atom is -0.205 e. The van der Waals surface area contributed by atoms with Crippen molar-refractivity contribution >= 4 is 49.9 Å². The van der Waals surface area contributed by atoms with Crippen molar-refractivity contribution in [3.63, 3.8) is 0 Å². The molecule has 90 valence electrons. The van der Waals surface area contributed by atoms with Gasteiger partial charge in [0.05, 0.1) is 0 Å². The highest BCUT2D eigenvalue weighted by Gasteiger charge is 2.20. The monoisotopic (exact) mass is 338 g/mol. The number of hydrogen-bond acceptors (Lipinski definition) is 0. The van der Waals surface area contributed by atoms with Gasteiger partial charge in [-0.2, -0.15) is 0 Å². The Morgan fingerprint density at radius 1 is 1.06 bits per heavy atom. The highest BCUT2D eigenvalue weighted by Crippen LogP contribution is 2.38. The van der Waals surface area contributed by atoms with E-state index in [1.807, 2.05) is 0 Å². The molecule has 0 spiro atoms. The lowest BCUT2D eigenvalue weighted by atomic mass is 10.00. The van der Waals surface area contributed by atoms with Crippen molar-refractivity contribution in [2.45, 2.75) is 11.3 Å². The number of fused-ring (bicyclic) bond motifs is 1. The zero-order valence-corrected chi connectivity index (χ0v) is 11.5. The Balaban J connectivity index is 2.82. The molecule has 2 aromatic carbocycles. The lowest BCUT2D eigenvalue weighted by molar-refractivity contribution is 0.152. The van der Waals surface area contributed by atoms with Gasteiger partial charge in [0.25, 0.3) is 6.43 Å². The van der Waals surface area contributed by atoms with Gasteiger partial charge in [0.1, 0.15) is 4.84 Å². The molecule has 0 bridgehead atoms. The Hall–Kier alpha value is -0.380. The maximum Gasteiger partial charge on any atom is 0.264 e. The van der Waals surface area contributed by atoms with Crippen LogP contribution in [-0.4, -0.2) is 0 Å². The first kappa shape index (κ1) is 13.1. The van der Waals surface area contributed by atoms with Gasteiger partial charge in [0.2, 0.25) is 0 Å². The zero-order valence-electron chi connectivity index (χ0n) is 8.43. The first-order valence-electron chi connectivity index (χ1n) is 4.79. The second kappa shape index (κ2) is 5.09. The number of benzene rings is 2. The minimum absolute atomic E-state index is 0.0983. The molecule has 0 saturated carbocycles. The van der Waals surface area contributed by atoms with Crippen LogP contribution in [0.4, 0.5) is 8.78 Å². The van der Waals surface area contributed by atoms with Crippen LogP contribution in [0.3, 0.4) is 0 Å². The van der Waals surface area contributed by atoms with Crippen molar-refractivity contribution in [1.29, 1.82) is 0 Å². The van der Waals surface area contributed by atoms with E-state index in [9.17, 15) is 8.78 Å². The highest BCUT2D eigenvalue weighted by atomic mass is 79.9. The van der Waals surface area contributed by atoms with Crippen molar-refractivity contribution in [3.8, 4) is 0 Å². The summed E-state index contributed by atoms with van der Waals surface area (Å²) in [7, 11) is 0. The highest BCUT2D eigenvalue weighted by molar-refractivity contribution is 9.10. The van der Waals surface area contributed by atoms with Crippen molar-refractivity contribution < 1.29 is 8.78 Å². The molecule has 0 aromatic heterocycles. The molecule has 5 heteroatoms. The molecule has 0 atom stereocenters. The lowest BCUT2D eigenvalue weighted by Gasteiger charge is -2.13. The van der Waals surface area contributed by atoms with Crippen LogP contribution in [0.1, 0.15) is 22.4 Å². The van der Waals surface area contributed by atoms with E-state index in [1.165, 1.54) is 0 Å². The maximum absolute atomic E-state index is 13.1. The van der Waals surface area contributed by atoms with E-state index >= 15 is 0 Å². The van der Waals surface area contributed by atoms with E-state index in [1.54, 1.807) is 30.3 Å². The number of rotatable bonds is 2. The molecule has 0 aliphatic rings. The molecule has 0 aliphatic heterocycles. The molecule has 0 aliphatic carbocycles. The molecule has 0 amide bonds. The largest absolute Gasteiger partial charge is 0.264 e. The zero-order chi connectivity index (χ0) is 12.6. The van der Waals surface area contributed by atoms with E-state index in [4.69, 9.17) is 23.2 Å². The van der Waals surface area contributed by atoms with Gasteiger partial charge in [0.15, 0.2) is 0 Å². The first-order valence-corrected chi connectivity index (χ1v) is 6.45. The topological polar surface area (TPSA) is 0 Å². The van der Waals surface area contributed by atoms with Gasteiger partial charge in [-0.25, -0.2) is 8.78 Å². The molecule has 0 radical (unpaired) electrons. The van der Waals surface area contributed by atoms with Crippen molar-refractivity contribution in [2.24, 2.45) is 0 Å². The van der Waals surface area contributed by atoms with Crippen molar-refractivity contribution in [1.82, 2.24) is 0 Å². The van der Waals surface area contributed by atoms with E-state index < -0.39 is 11.3 Å². The lowest BCUT2D eigenvalue weighted by Crippen LogP contribution is -1.96. The normalized spacial score (nSPS) is 11.7. The molecule has 0 fully saturated rings. The smallest absolute Gasteiger partial charge is 0.205 e. The Kier molecular flexibility index (Phi) is 3.91. The van der Waals surface area contributed by atoms with E-state index in [-0.39, 0.29) is 11.1 Å². The summed E-state index contributed by atoms with van der Waals surface area (Å²) in [6.07, 6.45) is -2.61. The van der Waals surface area contributed by atoms with Crippen LogP contribution in [0, 0.1) is 0 Å². The fraction of sp³-hybridized carbons (Fsp3) is 0.167. The van der Waals surface area contributed by atoms with Crippen molar-refractivity contribution in [3.05, 3.63) is 45.9 Å². The summed E-state index contributed by atoms with van der Waals surface area (Å²) in [6, 6.07) is 8.50. The fourth-order valence-corrected chi connectivity index (χ4v) is 2.51. The van der Waals surface area contributed by atoms with Gasteiger partial charge in [-0.05, 0) is 28.5 Å². The molecular formula is C12H7BrCl2F2. The maximum atomic E-state index is 13.1. The van der Waals surface area contributed by atoms with E-state index in [2.05, 4.69) is 15.9 Å². The third-order valence-corrected chi connectivity index (χ3v) is 3.48. The predicted octanol–water partition coefficient (Wildman–Crippen LogP) is 6.02. The molecule has 2 aromatic rings. The average Bonchev–Trinajstić information content (AvgIpc) is 2.26. The van der Waals surface area contributed by atoms with E-state index in [0.717, 1.165) is 9.86 Å². The SMILES string of the molecule is FC(F)c1c(C(Cl)Cl)ccc2ccc(Br)cc12. The van der Waals surface area contributed by atoms with Gasteiger partial charge in [0, 0.05) is 10.0 Å². The summed E-state index contributed by atoms with van der Waals surface area (Å²) in [5.74, 6) is 0. The van der Waals surface area contributed by atoms with Crippen LogP contribution in [-0.2, 0) is 0 Å². The molecule has 2 rings (SSSR count). The second-order valence-corrected chi connectivity index (χ2v) is 5.55. The third kappa shape index (κ3) is 2.56. The second-order valence-electron chi connectivity index (χ2n) is 3.54. The molecular weight excluding hydrogens is 333 g/mol. The van der Waals surface area contributed by atoms with Gasteiger partial charge >= 0.3 is 0 Å². The number of halogens is 5. The molecule has 0 nitrogen and oxygen atoms in total. The van der Waals surface area contributed by atoms with Gasteiger partial charge in [-0.15, -0.1) is 23.2 Å². The summed E-state index contributed by atoms with van der Waals surface area (Å²) in [5.41, 5.74) is 0.160. The fourth-order valence-electron chi connectivity index (χ4n) is 1.77. The Labute approximate surface area is 116 Å². The molecule has 0 unspecified atom stereocenters. The molecule has 0 heterocycles. The van der Waals surface area contributed by atoms with Crippen LogP contribution >= 0.6 is 39.1 Å². The number of alkyl halides is 4. The first-order chi connectivity index (χ1) is 8.00. The molecule has 0 saturated heterocycles. The summed E-state index contributed by atoms with van der Waals surface area (Å²) in [6.45, 7) is 0. The molecule has 0 N–H and O–H groups in total. The van der Waals surface area contributed by atoms with Gasteiger partial charge < -0.3 is 0 Å². The van der Waals surface area contributed by atoms with Gasteiger partial charge in [-0.1, -0.05) is 34.1 Å². The Morgan fingerprint density at radius 2 is 1.71 bits per heavy atom. The van der Waals surface area contributed by atoms with Crippen LogP contribution in [0.5, 0.6) is 0 Å². The molecule has 17 heavy (non-hydrogen) atoms. The summed E-state index contributed by atoms with van der Waals surface area (Å²) >= 11 is 14.7. The summed E-state index contributed by atoms with van der Waals surface area (Å²) in [5, 5.41) is 1.21. The van der Waals surface area contributed by atoms with Gasteiger partial charge in [-0.3, -0.25) is 0 Å². The van der Waals surface area contributed by atoms with Crippen molar-refractivity contribution in [2.75, 3.05) is 0 Å². The third-order valence-electron chi connectivity index (χ3n) is 2.51. The average molecular weight is 340 g/mol. The van der Waals surface area contributed by atoms with Crippen LogP contribution in [0.15, 0.2) is 34.8 Å². The van der Waals surface area contributed by atoms with Crippen LogP contribution in [0.2, 0.25) is 0 Å². The number of hydrogen-bond donors (Lipinski definition) is 0. The standard InChI is InChI=1S/C12H7BrCl2F2/c13-7-3-1-6-2-4-8(11(14)15)10(12(16)17)9(6)5-7/h1-5,11-12H. The quantitative estimate of drug-likeness (QED) is 0.587.